The molecule has 0 fully saturated rings. The second-order valence-corrected chi connectivity index (χ2v) is 5.98. The highest BCUT2D eigenvalue weighted by molar-refractivity contribution is 9.10. The lowest BCUT2D eigenvalue weighted by atomic mass is 10.3. The van der Waals surface area contributed by atoms with Gasteiger partial charge in [0.1, 0.15) is 17.9 Å². The molecule has 1 unspecified atom stereocenters. The number of benzene rings is 1. The van der Waals surface area contributed by atoms with Crippen molar-refractivity contribution in [2.24, 2.45) is 7.05 Å². The monoisotopic (exact) mass is 329 g/mol. The van der Waals surface area contributed by atoms with Crippen LogP contribution in [-0.4, -0.2) is 26.1 Å². The molecule has 7 heteroatoms. The molecule has 1 atom stereocenters. The fourth-order valence-electron chi connectivity index (χ4n) is 1.46. The molecule has 0 aliphatic carbocycles. The summed E-state index contributed by atoms with van der Waals surface area (Å²) in [4.78, 5) is 0.648. The van der Waals surface area contributed by atoms with Crippen molar-refractivity contribution in [1.29, 1.82) is 0 Å². The van der Waals surface area contributed by atoms with Gasteiger partial charge in [-0.05, 0) is 18.2 Å². The summed E-state index contributed by atoms with van der Waals surface area (Å²) in [5.74, 6) is 1.60. The Morgan fingerprint density at radius 1 is 1.50 bits per heavy atom. The van der Waals surface area contributed by atoms with E-state index >= 15 is 0 Å². The van der Waals surface area contributed by atoms with Crippen LogP contribution in [0.1, 0.15) is 5.82 Å². The number of ether oxygens (including phenoxy) is 1. The first-order valence-corrected chi connectivity index (χ1v) is 7.28. The topological polar surface area (TPSA) is 57.0 Å². The molecular formula is C11H12BrN3O2S. The third-order valence-electron chi connectivity index (χ3n) is 2.44. The fraction of sp³-hybridized carbons (Fsp3) is 0.273. The molecule has 0 aliphatic rings. The summed E-state index contributed by atoms with van der Waals surface area (Å²) in [6.45, 7) is 0. The minimum Gasteiger partial charge on any atom is -0.495 e. The zero-order valence-electron chi connectivity index (χ0n) is 9.96. The van der Waals surface area contributed by atoms with Crippen LogP contribution in [0, 0.1) is 0 Å². The van der Waals surface area contributed by atoms with Crippen molar-refractivity contribution in [1.82, 2.24) is 14.8 Å². The Balaban J connectivity index is 2.29. The molecule has 1 heterocycles. The highest BCUT2D eigenvalue weighted by atomic mass is 79.9. The summed E-state index contributed by atoms with van der Waals surface area (Å²) < 4.78 is 20.2. The Bertz CT molecular complexity index is 585. The van der Waals surface area contributed by atoms with Crippen LogP contribution in [0.3, 0.4) is 0 Å². The largest absolute Gasteiger partial charge is 0.495 e. The Hall–Kier alpha value is -1.21. The lowest BCUT2D eigenvalue weighted by Crippen LogP contribution is -2.04. The van der Waals surface area contributed by atoms with E-state index in [0.29, 0.717) is 22.2 Å². The number of nitrogens with zero attached hydrogens (tertiary/aromatic N) is 3. The molecule has 96 valence electrons. The molecule has 0 saturated carbocycles. The average molecular weight is 330 g/mol. The van der Waals surface area contributed by atoms with E-state index in [2.05, 4.69) is 26.1 Å². The van der Waals surface area contributed by atoms with E-state index in [1.165, 1.54) is 0 Å². The first kappa shape index (κ1) is 13.2. The maximum Gasteiger partial charge on any atom is 0.145 e. The van der Waals surface area contributed by atoms with Gasteiger partial charge in [-0.2, -0.15) is 0 Å². The molecule has 18 heavy (non-hydrogen) atoms. The van der Waals surface area contributed by atoms with Crippen LogP contribution in [0.2, 0.25) is 0 Å². The molecule has 0 spiro atoms. The SMILES string of the molecule is COc1ccc(Br)cc1S(=O)Cc1nncn1C. The van der Waals surface area contributed by atoms with E-state index in [-0.39, 0.29) is 0 Å². The summed E-state index contributed by atoms with van der Waals surface area (Å²) in [6.07, 6.45) is 1.59. The van der Waals surface area contributed by atoms with Gasteiger partial charge in [0.15, 0.2) is 0 Å². The van der Waals surface area contributed by atoms with Gasteiger partial charge in [0.2, 0.25) is 0 Å². The van der Waals surface area contributed by atoms with E-state index in [1.807, 2.05) is 13.1 Å². The summed E-state index contributed by atoms with van der Waals surface area (Å²) >= 11 is 3.36. The lowest BCUT2D eigenvalue weighted by molar-refractivity contribution is 0.404. The predicted molar refractivity (Wildman–Crippen MR) is 71.8 cm³/mol. The molecule has 1 aromatic carbocycles. The minimum absolute atomic E-state index is 0.309. The van der Waals surface area contributed by atoms with Crippen LogP contribution in [0.5, 0.6) is 5.75 Å². The molecule has 0 radical (unpaired) electrons. The zero-order chi connectivity index (χ0) is 13.1. The van der Waals surface area contributed by atoms with E-state index < -0.39 is 10.8 Å². The Labute approximate surface area is 116 Å². The van der Waals surface area contributed by atoms with Gasteiger partial charge in [0, 0.05) is 11.5 Å². The third-order valence-corrected chi connectivity index (χ3v) is 4.26. The number of aryl methyl sites for hydroxylation is 1. The fourth-order valence-corrected chi connectivity index (χ4v) is 3.26. The van der Waals surface area contributed by atoms with Crippen molar-refractivity contribution < 1.29 is 8.95 Å². The highest BCUT2D eigenvalue weighted by Crippen LogP contribution is 2.27. The summed E-state index contributed by atoms with van der Waals surface area (Å²) in [7, 11) is 2.16. The first-order chi connectivity index (χ1) is 8.61. The predicted octanol–water partition coefficient (Wildman–Crippen LogP) is 1.89. The summed E-state index contributed by atoms with van der Waals surface area (Å²) in [5, 5.41) is 7.69. The summed E-state index contributed by atoms with van der Waals surface area (Å²) in [5.41, 5.74) is 0. The van der Waals surface area contributed by atoms with Crippen molar-refractivity contribution in [3.05, 3.63) is 34.8 Å². The van der Waals surface area contributed by atoms with Crippen LogP contribution in [0.15, 0.2) is 33.9 Å². The van der Waals surface area contributed by atoms with Crippen molar-refractivity contribution in [2.75, 3.05) is 7.11 Å². The molecule has 0 saturated heterocycles. The van der Waals surface area contributed by atoms with Gasteiger partial charge in [-0.25, -0.2) is 0 Å². The number of hydrogen-bond donors (Lipinski definition) is 0. The summed E-state index contributed by atoms with van der Waals surface area (Å²) in [6, 6.07) is 5.43. The molecule has 0 N–H and O–H groups in total. The zero-order valence-corrected chi connectivity index (χ0v) is 12.4. The molecule has 0 aliphatic heterocycles. The first-order valence-electron chi connectivity index (χ1n) is 5.16. The van der Waals surface area contributed by atoms with Gasteiger partial charge in [-0.3, -0.25) is 4.21 Å². The van der Waals surface area contributed by atoms with Crippen molar-refractivity contribution in [3.8, 4) is 5.75 Å². The molecule has 2 aromatic rings. The lowest BCUT2D eigenvalue weighted by Gasteiger charge is -2.08. The van der Waals surface area contributed by atoms with Crippen molar-refractivity contribution in [3.63, 3.8) is 0 Å². The van der Waals surface area contributed by atoms with Gasteiger partial charge in [-0.15, -0.1) is 10.2 Å². The molecule has 0 amide bonds. The Kier molecular flexibility index (Phi) is 4.13. The molecule has 0 bridgehead atoms. The normalized spacial score (nSPS) is 12.4. The van der Waals surface area contributed by atoms with Gasteiger partial charge in [0.25, 0.3) is 0 Å². The number of hydrogen-bond acceptors (Lipinski definition) is 4. The molecular weight excluding hydrogens is 318 g/mol. The Morgan fingerprint density at radius 3 is 2.89 bits per heavy atom. The quantitative estimate of drug-likeness (QED) is 0.859. The van der Waals surface area contributed by atoms with Crippen molar-refractivity contribution in [2.45, 2.75) is 10.6 Å². The van der Waals surface area contributed by atoms with E-state index in [0.717, 1.165) is 4.47 Å². The van der Waals surface area contributed by atoms with Crippen LogP contribution < -0.4 is 4.74 Å². The van der Waals surface area contributed by atoms with Gasteiger partial charge >= 0.3 is 0 Å². The molecule has 2 rings (SSSR count). The van der Waals surface area contributed by atoms with E-state index in [9.17, 15) is 4.21 Å². The number of methoxy groups -OCH3 is 1. The third kappa shape index (κ3) is 2.78. The molecule has 1 aromatic heterocycles. The average Bonchev–Trinajstić information content (AvgIpc) is 2.75. The van der Waals surface area contributed by atoms with Gasteiger partial charge in [-0.1, -0.05) is 15.9 Å². The van der Waals surface area contributed by atoms with Gasteiger partial charge < -0.3 is 9.30 Å². The standard InChI is InChI=1S/C11H12BrN3O2S/c1-15-7-13-14-11(15)6-18(16)10-5-8(12)3-4-9(10)17-2/h3-5,7H,6H2,1-2H3. The van der Waals surface area contributed by atoms with Crippen LogP contribution in [0.4, 0.5) is 0 Å². The number of halogens is 1. The maximum absolute atomic E-state index is 12.3. The van der Waals surface area contributed by atoms with Gasteiger partial charge in [0.05, 0.1) is 28.6 Å². The van der Waals surface area contributed by atoms with Crippen LogP contribution >= 0.6 is 15.9 Å². The van der Waals surface area contributed by atoms with Crippen molar-refractivity contribution >= 4 is 26.7 Å². The van der Waals surface area contributed by atoms with E-state index in [1.54, 1.807) is 30.1 Å². The number of aromatic nitrogens is 3. The van der Waals surface area contributed by atoms with Crippen LogP contribution in [0.25, 0.3) is 0 Å². The van der Waals surface area contributed by atoms with E-state index in [4.69, 9.17) is 4.74 Å². The second kappa shape index (κ2) is 5.62. The minimum atomic E-state index is -1.22. The number of rotatable bonds is 4. The molecule has 5 nitrogen and oxygen atoms in total. The Morgan fingerprint density at radius 2 is 2.28 bits per heavy atom. The van der Waals surface area contributed by atoms with Crippen LogP contribution in [-0.2, 0) is 23.6 Å². The maximum atomic E-state index is 12.3. The second-order valence-electron chi connectivity index (χ2n) is 3.64. The smallest absolute Gasteiger partial charge is 0.145 e. The highest BCUT2D eigenvalue weighted by Gasteiger charge is 2.14.